The fourth-order valence-corrected chi connectivity index (χ4v) is 3.40. The van der Waals surface area contributed by atoms with Crippen LogP contribution in [0.4, 0.5) is 0 Å². The molecule has 0 saturated carbocycles. The Labute approximate surface area is 120 Å². The summed E-state index contributed by atoms with van der Waals surface area (Å²) >= 11 is 0. The van der Waals surface area contributed by atoms with Crippen molar-refractivity contribution in [3.8, 4) is 0 Å². The number of carbonyl (C=O) groups excluding carboxylic acids is 1. The standard InChI is InChI=1S/C12H23N3O4S/c1-12(5-3-7-19-12)11(16)15-6-2-4-10(9-15)8-14-20(13,17)18/h10,14H,2-9H2,1H3,(H2,13,17,18). The van der Waals surface area contributed by atoms with E-state index in [0.29, 0.717) is 19.7 Å². The second kappa shape index (κ2) is 5.97. The molecule has 1 amide bonds. The molecule has 20 heavy (non-hydrogen) atoms. The molecule has 0 aromatic carbocycles. The van der Waals surface area contributed by atoms with Gasteiger partial charge in [-0.2, -0.15) is 8.42 Å². The van der Waals surface area contributed by atoms with Gasteiger partial charge in [0.15, 0.2) is 0 Å². The summed E-state index contributed by atoms with van der Waals surface area (Å²) < 4.78 is 29.7. The molecule has 2 rings (SSSR count). The van der Waals surface area contributed by atoms with Gasteiger partial charge in [0, 0.05) is 26.2 Å². The lowest BCUT2D eigenvalue weighted by molar-refractivity contribution is -0.152. The number of nitrogens with one attached hydrogen (secondary N) is 1. The Hall–Kier alpha value is -0.700. The van der Waals surface area contributed by atoms with E-state index < -0.39 is 15.8 Å². The number of hydrogen-bond acceptors (Lipinski definition) is 4. The smallest absolute Gasteiger partial charge is 0.274 e. The Bertz CT molecular complexity index is 459. The highest BCUT2D eigenvalue weighted by molar-refractivity contribution is 7.87. The van der Waals surface area contributed by atoms with Gasteiger partial charge in [-0.15, -0.1) is 0 Å². The molecule has 2 fully saturated rings. The Morgan fingerprint density at radius 2 is 2.25 bits per heavy atom. The first-order chi connectivity index (χ1) is 9.30. The number of ether oxygens (including phenoxy) is 1. The summed E-state index contributed by atoms with van der Waals surface area (Å²) in [5, 5.41) is 4.93. The monoisotopic (exact) mass is 305 g/mol. The maximum atomic E-state index is 12.5. The molecular weight excluding hydrogens is 282 g/mol. The highest BCUT2D eigenvalue weighted by atomic mass is 32.2. The maximum Gasteiger partial charge on any atom is 0.274 e. The first-order valence-corrected chi connectivity index (χ1v) is 8.55. The van der Waals surface area contributed by atoms with Crippen molar-refractivity contribution in [2.45, 2.75) is 38.2 Å². The van der Waals surface area contributed by atoms with Crippen LogP contribution in [0, 0.1) is 5.92 Å². The van der Waals surface area contributed by atoms with Crippen molar-refractivity contribution in [3.05, 3.63) is 0 Å². The Balaban J connectivity index is 1.91. The third kappa shape index (κ3) is 3.91. The average Bonchev–Trinajstić information content (AvgIpc) is 2.83. The van der Waals surface area contributed by atoms with Crippen LogP contribution in [-0.2, 0) is 19.7 Å². The lowest BCUT2D eigenvalue weighted by Gasteiger charge is -2.37. The predicted octanol–water partition coefficient (Wildman–Crippen LogP) is -0.413. The maximum absolute atomic E-state index is 12.5. The molecule has 2 atom stereocenters. The number of likely N-dealkylation sites (tertiary alicyclic amines) is 1. The van der Waals surface area contributed by atoms with Crippen LogP contribution in [-0.4, -0.2) is 51.1 Å². The number of hydrogen-bond donors (Lipinski definition) is 2. The van der Waals surface area contributed by atoms with Crippen molar-refractivity contribution in [2.75, 3.05) is 26.2 Å². The number of rotatable bonds is 4. The molecule has 0 aromatic heterocycles. The summed E-state index contributed by atoms with van der Waals surface area (Å²) in [4.78, 5) is 14.3. The van der Waals surface area contributed by atoms with Crippen LogP contribution >= 0.6 is 0 Å². The molecule has 0 aromatic rings. The number of nitrogens with two attached hydrogens (primary N) is 1. The predicted molar refractivity (Wildman–Crippen MR) is 74.0 cm³/mol. The molecular formula is C12H23N3O4S. The molecule has 8 heteroatoms. The Morgan fingerprint density at radius 3 is 2.85 bits per heavy atom. The summed E-state index contributed by atoms with van der Waals surface area (Å²) in [7, 11) is -3.67. The van der Waals surface area contributed by atoms with E-state index >= 15 is 0 Å². The van der Waals surface area contributed by atoms with Gasteiger partial charge in [-0.25, -0.2) is 9.86 Å². The van der Waals surface area contributed by atoms with E-state index in [1.807, 2.05) is 6.92 Å². The first-order valence-electron chi connectivity index (χ1n) is 7.01. The van der Waals surface area contributed by atoms with Gasteiger partial charge in [0.25, 0.3) is 16.1 Å². The minimum Gasteiger partial charge on any atom is -0.365 e. The summed E-state index contributed by atoms with van der Waals surface area (Å²) in [5.74, 6) is 0.131. The van der Waals surface area contributed by atoms with E-state index in [1.54, 1.807) is 4.90 Å². The summed E-state index contributed by atoms with van der Waals surface area (Å²) in [6.45, 7) is 4.02. The normalized spacial score (nSPS) is 31.5. The zero-order chi connectivity index (χ0) is 14.8. The Morgan fingerprint density at radius 1 is 1.50 bits per heavy atom. The van der Waals surface area contributed by atoms with E-state index in [9.17, 15) is 13.2 Å². The molecule has 2 aliphatic rings. The molecule has 116 valence electrons. The highest BCUT2D eigenvalue weighted by Crippen LogP contribution is 2.29. The molecule has 2 unspecified atom stereocenters. The summed E-state index contributed by atoms with van der Waals surface area (Å²) in [6, 6.07) is 0. The number of nitrogens with zero attached hydrogens (tertiary/aromatic N) is 1. The molecule has 7 nitrogen and oxygen atoms in total. The topological polar surface area (TPSA) is 102 Å². The van der Waals surface area contributed by atoms with Crippen LogP contribution in [0.3, 0.4) is 0 Å². The van der Waals surface area contributed by atoms with Crippen molar-refractivity contribution in [3.63, 3.8) is 0 Å². The fraction of sp³-hybridized carbons (Fsp3) is 0.917. The van der Waals surface area contributed by atoms with E-state index in [-0.39, 0.29) is 18.4 Å². The molecule has 2 saturated heterocycles. The van der Waals surface area contributed by atoms with Crippen LogP contribution in [0.2, 0.25) is 0 Å². The largest absolute Gasteiger partial charge is 0.365 e. The van der Waals surface area contributed by atoms with Crippen LogP contribution in [0.25, 0.3) is 0 Å². The van der Waals surface area contributed by atoms with Crippen molar-refractivity contribution < 1.29 is 17.9 Å². The molecule has 0 radical (unpaired) electrons. The third-order valence-corrected chi connectivity index (χ3v) is 4.62. The first kappa shape index (κ1) is 15.7. The lowest BCUT2D eigenvalue weighted by atomic mass is 9.94. The van der Waals surface area contributed by atoms with Crippen molar-refractivity contribution in [1.29, 1.82) is 0 Å². The van der Waals surface area contributed by atoms with E-state index in [2.05, 4.69) is 4.72 Å². The van der Waals surface area contributed by atoms with Crippen LogP contribution in [0.5, 0.6) is 0 Å². The third-order valence-electron chi connectivity index (χ3n) is 4.05. The molecule has 0 bridgehead atoms. The number of carbonyl (C=O) groups is 1. The minimum absolute atomic E-state index is 0.0234. The van der Waals surface area contributed by atoms with Gasteiger partial charge in [-0.1, -0.05) is 0 Å². The van der Waals surface area contributed by atoms with Gasteiger partial charge in [0.05, 0.1) is 0 Å². The molecule has 2 aliphatic heterocycles. The van der Waals surface area contributed by atoms with Gasteiger partial charge in [-0.05, 0) is 38.5 Å². The summed E-state index contributed by atoms with van der Waals surface area (Å²) in [5.41, 5.74) is -0.699. The quantitative estimate of drug-likeness (QED) is 0.737. The van der Waals surface area contributed by atoms with Crippen molar-refractivity contribution >= 4 is 16.1 Å². The number of piperidine rings is 1. The highest BCUT2D eigenvalue weighted by Gasteiger charge is 2.41. The zero-order valence-corrected chi connectivity index (χ0v) is 12.6. The van der Waals surface area contributed by atoms with E-state index in [4.69, 9.17) is 9.88 Å². The van der Waals surface area contributed by atoms with Crippen LogP contribution < -0.4 is 9.86 Å². The van der Waals surface area contributed by atoms with Gasteiger partial charge in [0.1, 0.15) is 5.60 Å². The van der Waals surface area contributed by atoms with Gasteiger partial charge in [0.2, 0.25) is 0 Å². The zero-order valence-electron chi connectivity index (χ0n) is 11.8. The second-order valence-corrected chi connectivity index (χ2v) is 7.21. The Kier molecular flexibility index (Phi) is 4.68. The second-order valence-electron chi connectivity index (χ2n) is 5.84. The molecule has 0 spiro atoms. The van der Waals surface area contributed by atoms with Crippen molar-refractivity contribution in [1.82, 2.24) is 9.62 Å². The van der Waals surface area contributed by atoms with Crippen LogP contribution in [0.15, 0.2) is 0 Å². The van der Waals surface area contributed by atoms with E-state index in [1.165, 1.54) is 0 Å². The number of amides is 1. The van der Waals surface area contributed by atoms with E-state index in [0.717, 1.165) is 25.7 Å². The van der Waals surface area contributed by atoms with Crippen LogP contribution in [0.1, 0.15) is 32.6 Å². The SMILES string of the molecule is CC1(C(=O)N2CCCC(CNS(N)(=O)=O)C2)CCCO1. The van der Waals surface area contributed by atoms with Gasteiger partial charge in [-0.3, -0.25) is 4.79 Å². The molecule has 3 N–H and O–H groups in total. The van der Waals surface area contributed by atoms with Gasteiger partial charge >= 0.3 is 0 Å². The minimum atomic E-state index is -3.67. The molecule has 2 heterocycles. The lowest BCUT2D eigenvalue weighted by Crippen LogP contribution is -2.51. The molecule has 0 aliphatic carbocycles. The average molecular weight is 305 g/mol. The fourth-order valence-electron chi connectivity index (χ4n) is 2.93. The van der Waals surface area contributed by atoms with Crippen molar-refractivity contribution in [2.24, 2.45) is 11.1 Å². The summed E-state index contributed by atoms with van der Waals surface area (Å²) in [6.07, 6.45) is 3.43. The van der Waals surface area contributed by atoms with Gasteiger partial charge < -0.3 is 9.64 Å².